The van der Waals surface area contributed by atoms with Gasteiger partial charge in [0.1, 0.15) is 28.9 Å². The molecule has 3 aromatic carbocycles. The van der Waals surface area contributed by atoms with Crippen LogP contribution in [0.3, 0.4) is 0 Å². The van der Waals surface area contributed by atoms with E-state index in [0.29, 0.717) is 44.4 Å². The summed E-state index contributed by atoms with van der Waals surface area (Å²) in [5.74, 6) is -0.662. The fourth-order valence-electron chi connectivity index (χ4n) is 4.48. The molecule has 0 bridgehead atoms. The average molecular weight is 495 g/mol. The number of methoxy groups -OCH3 is 1. The Balaban J connectivity index is 1.32. The lowest BCUT2D eigenvalue weighted by Crippen LogP contribution is -2.29. The van der Waals surface area contributed by atoms with E-state index in [1.165, 1.54) is 36.7 Å². The first-order chi connectivity index (χ1) is 17.9. The summed E-state index contributed by atoms with van der Waals surface area (Å²) in [6, 6.07) is 16.0. The third kappa shape index (κ3) is 3.66. The third-order valence-corrected chi connectivity index (χ3v) is 6.29. The van der Waals surface area contributed by atoms with Crippen LogP contribution in [0.2, 0.25) is 0 Å². The Labute approximate surface area is 208 Å². The Morgan fingerprint density at radius 1 is 1.03 bits per heavy atom. The van der Waals surface area contributed by atoms with Crippen LogP contribution in [0.5, 0.6) is 5.75 Å². The van der Waals surface area contributed by atoms with Gasteiger partial charge >= 0.3 is 0 Å². The fourth-order valence-corrected chi connectivity index (χ4v) is 4.48. The molecule has 1 N–H and O–H groups in total. The zero-order valence-electron chi connectivity index (χ0n) is 19.4. The maximum Gasteiger partial charge on any atom is 0.298 e. The topological polar surface area (TPSA) is 110 Å². The number of hydrogen-bond donors (Lipinski definition) is 1. The molecule has 9 nitrogen and oxygen atoms in total. The first-order valence-corrected chi connectivity index (χ1v) is 11.3. The molecule has 0 saturated carbocycles. The number of amides is 2. The molecule has 0 spiro atoms. The van der Waals surface area contributed by atoms with Crippen LogP contribution < -0.4 is 10.3 Å². The summed E-state index contributed by atoms with van der Waals surface area (Å²) in [7, 11) is 1.50. The quantitative estimate of drug-likeness (QED) is 0.295. The minimum absolute atomic E-state index is 0.0102. The van der Waals surface area contributed by atoms with Crippen molar-refractivity contribution in [3.8, 4) is 5.75 Å². The number of carbonyl (C=O) groups is 2. The van der Waals surface area contributed by atoms with E-state index < -0.39 is 11.4 Å². The van der Waals surface area contributed by atoms with Gasteiger partial charge in [0, 0.05) is 16.5 Å². The molecule has 2 amide bonds. The number of ether oxygens (including phenoxy) is 1. The van der Waals surface area contributed by atoms with Crippen LogP contribution in [0.4, 0.5) is 4.39 Å². The highest BCUT2D eigenvalue weighted by Gasteiger charge is 2.35. The zero-order chi connectivity index (χ0) is 25.7. The molecule has 2 aromatic heterocycles. The third-order valence-electron chi connectivity index (χ3n) is 6.29. The number of halogens is 1. The van der Waals surface area contributed by atoms with Crippen molar-refractivity contribution in [2.45, 2.75) is 6.54 Å². The monoisotopic (exact) mass is 495 g/mol. The van der Waals surface area contributed by atoms with Crippen molar-refractivity contribution in [1.29, 1.82) is 0 Å². The molecule has 10 heteroatoms. The maximum absolute atomic E-state index is 13.7. The van der Waals surface area contributed by atoms with Gasteiger partial charge in [-0.2, -0.15) is 9.78 Å². The summed E-state index contributed by atoms with van der Waals surface area (Å²) in [5.41, 5.74) is 2.66. The van der Waals surface area contributed by atoms with E-state index >= 15 is 0 Å². The number of aromatic nitrogens is 3. The predicted octanol–water partition coefficient (Wildman–Crippen LogP) is 3.70. The molecule has 0 unspecified atom stereocenters. The van der Waals surface area contributed by atoms with Gasteiger partial charge in [0.2, 0.25) is 0 Å². The van der Waals surface area contributed by atoms with Gasteiger partial charge in [-0.1, -0.05) is 12.1 Å². The minimum atomic E-state index is -0.447. The van der Waals surface area contributed by atoms with Crippen molar-refractivity contribution in [3.63, 3.8) is 0 Å². The number of nitrogens with one attached hydrogen (secondary N) is 1. The van der Waals surface area contributed by atoms with E-state index in [4.69, 9.17) is 4.74 Å². The first kappa shape index (κ1) is 22.4. The first-order valence-electron chi connectivity index (χ1n) is 11.3. The van der Waals surface area contributed by atoms with Gasteiger partial charge < -0.3 is 9.72 Å². The number of rotatable bonds is 5. The Morgan fingerprint density at radius 3 is 2.51 bits per heavy atom. The number of imide groups is 1. The Morgan fingerprint density at radius 2 is 1.78 bits per heavy atom. The van der Waals surface area contributed by atoms with Crippen LogP contribution in [0.15, 0.2) is 76.9 Å². The lowest BCUT2D eigenvalue weighted by Gasteiger charge is -2.16. The number of aromatic amines is 1. The second kappa shape index (κ2) is 8.52. The maximum atomic E-state index is 13.7. The SMILES string of the molecule is COc1ccc(C=Nn2cnc3c([nH]c4ccc(F)cc43)c2=O)cc1CN1C(=O)c2ccccc2C1=O. The molecule has 0 fully saturated rings. The summed E-state index contributed by atoms with van der Waals surface area (Å²) >= 11 is 0. The molecule has 5 aromatic rings. The molecule has 0 aliphatic carbocycles. The highest BCUT2D eigenvalue weighted by Crippen LogP contribution is 2.28. The Hall–Kier alpha value is -5.12. The van der Waals surface area contributed by atoms with Crippen LogP contribution in [0.25, 0.3) is 21.9 Å². The van der Waals surface area contributed by atoms with Crippen LogP contribution in [-0.2, 0) is 6.54 Å². The number of carbonyl (C=O) groups excluding carboxylic acids is 2. The van der Waals surface area contributed by atoms with Crippen LogP contribution in [0, 0.1) is 5.82 Å². The highest BCUT2D eigenvalue weighted by molar-refractivity contribution is 6.21. The molecule has 182 valence electrons. The van der Waals surface area contributed by atoms with Gasteiger partial charge in [0.25, 0.3) is 17.4 Å². The van der Waals surface area contributed by atoms with Gasteiger partial charge in [0.15, 0.2) is 0 Å². The number of hydrogen-bond acceptors (Lipinski definition) is 6. The van der Waals surface area contributed by atoms with E-state index in [1.807, 2.05) is 0 Å². The van der Waals surface area contributed by atoms with Crippen LogP contribution >= 0.6 is 0 Å². The van der Waals surface area contributed by atoms with Gasteiger partial charge in [-0.05, 0) is 54.1 Å². The molecule has 6 rings (SSSR count). The number of benzene rings is 3. The lowest BCUT2D eigenvalue weighted by molar-refractivity contribution is 0.0641. The van der Waals surface area contributed by atoms with Crippen LogP contribution in [-0.4, -0.2) is 44.7 Å². The van der Waals surface area contributed by atoms with Gasteiger partial charge in [-0.3, -0.25) is 19.3 Å². The number of fused-ring (bicyclic) bond motifs is 4. The van der Waals surface area contributed by atoms with Crippen LogP contribution in [0.1, 0.15) is 31.8 Å². The summed E-state index contributed by atoms with van der Waals surface area (Å²) < 4.78 is 20.2. The normalized spacial score (nSPS) is 13.3. The average Bonchev–Trinajstić information content (AvgIpc) is 3.39. The molecule has 37 heavy (non-hydrogen) atoms. The molecule has 3 heterocycles. The molecule has 0 atom stereocenters. The fraction of sp³-hybridized carbons (Fsp3) is 0.0741. The van der Waals surface area contributed by atoms with E-state index in [0.717, 1.165) is 4.68 Å². The standard InChI is InChI=1S/C27H18FN5O4/c1-37-22-9-6-15(10-16(22)13-32-25(34)18-4-2-3-5-19(18)26(32)35)12-30-33-14-29-23-20-11-17(28)7-8-21(20)31-24(23)27(33)36/h2-12,14,31H,13H2,1H3. The van der Waals surface area contributed by atoms with Crippen molar-refractivity contribution >= 4 is 40.0 Å². The molecule has 0 saturated heterocycles. The van der Waals surface area contributed by atoms with Gasteiger partial charge in [-0.15, -0.1) is 0 Å². The highest BCUT2D eigenvalue weighted by atomic mass is 19.1. The number of H-pyrrole nitrogens is 1. The summed E-state index contributed by atoms with van der Waals surface area (Å²) in [4.78, 5) is 47.0. The smallest absolute Gasteiger partial charge is 0.298 e. The minimum Gasteiger partial charge on any atom is -0.496 e. The second-order valence-corrected chi connectivity index (χ2v) is 8.49. The van der Waals surface area contributed by atoms with E-state index in [-0.39, 0.29) is 23.9 Å². The number of nitrogens with zero attached hydrogens (tertiary/aromatic N) is 4. The Kier molecular flexibility index (Phi) is 5.15. The Bertz CT molecular complexity index is 1800. The zero-order valence-corrected chi connectivity index (χ0v) is 19.4. The molecule has 1 aliphatic heterocycles. The van der Waals surface area contributed by atoms with Gasteiger partial charge in [0.05, 0.1) is 31.0 Å². The molecular weight excluding hydrogens is 477 g/mol. The van der Waals surface area contributed by atoms with E-state index in [1.54, 1.807) is 48.5 Å². The predicted molar refractivity (Wildman–Crippen MR) is 134 cm³/mol. The van der Waals surface area contributed by atoms with Crippen molar-refractivity contribution in [1.82, 2.24) is 19.5 Å². The largest absolute Gasteiger partial charge is 0.496 e. The summed E-state index contributed by atoms with van der Waals surface area (Å²) in [5, 5.41) is 4.75. The molecular formula is C27H18FN5O4. The lowest BCUT2D eigenvalue weighted by atomic mass is 10.1. The van der Waals surface area contributed by atoms with Crippen molar-refractivity contribution < 1.29 is 18.7 Å². The summed E-state index contributed by atoms with van der Waals surface area (Å²) in [6.07, 6.45) is 2.73. The van der Waals surface area contributed by atoms with E-state index in [9.17, 15) is 18.8 Å². The molecule has 1 aliphatic rings. The second-order valence-electron chi connectivity index (χ2n) is 8.49. The van der Waals surface area contributed by atoms with Gasteiger partial charge in [-0.25, -0.2) is 9.37 Å². The summed E-state index contributed by atoms with van der Waals surface area (Å²) in [6.45, 7) is 0.0102. The van der Waals surface area contributed by atoms with E-state index in [2.05, 4.69) is 15.1 Å². The van der Waals surface area contributed by atoms with Crippen molar-refractivity contribution in [3.05, 3.63) is 105 Å². The van der Waals surface area contributed by atoms with Crippen molar-refractivity contribution in [2.75, 3.05) is 7.11 Å². The van der Waals surface area contributed by atoms with Crippen molar-refractivity contribution in [2.24, 2.45) is 5.10 Å². The molecule has 0 radical (unpaired) electrons.